The average Bonchev–Trinajstić information content (AvgIpc) is 2.85. The van der Waals surface area contributed by atoms with Gasteiger partial charge in [-0.3, -0.25) is 9.36 Å². The van der Waals surface area contributed by atoms with Crippen LogP contribution < -0.4 is 10.3 Å². The van der Waals surface area contributed by atoms with Gasteiger partial charge in [-0.05, 0) is 48.0 Å². The summed E-state index contributed by atoms with van der Waals surface area (Å²) in [6.07, 6.45) is -3.64. The second-order valence-corrected chi connectivity index (χ2v) is 8.05. The zero-order valence-electron chi connectivity index (χ0n) is 18.2. The molecule has 1 N–H and O–H groups in total. The maximum atomic E-state index is 13.3. The van der Waals surface area contributed by atoms with Gasteiger partial charge >= 0.3 is 12.1 Å². The molecule has 0 aliphatic rings. The molecule has 1 heterocycles. The first kappa shape index (κ1) is 24.8. The number of hydrogen-bond acceptors (Lipinski definition) is 5. The van der Waals surface area contributed by atoms with E-state index in [0.29, 0.717) is 21.9 Å². The molecular formula is C25H15ClF3N3O4. The van der Waals surface area contributed by atoms with E-state index in [1.54, 1.807) is 30.3 Å². The minimum Gasteiger partial charge on any atom is -0.491 e. The fourth-order valence-corrected chi connectivity index (χ4v) is 3.85. The Morgan fingerprint density at radius 3 is 2.64 bits per heavy atom. The molecule has 0 radical (unpaired) electrons. The lowest BCUT2D eigenvalue weighted by molar-refractivity contribution is -0.137. The van der Waals surface area contributed by atoms with Crippen molar-refractivity contribution in [1.29, 1.82) is 5.26 Å². The second kappa shape index (κ2) is 9.71. The van der Waals surface area contributed by atoms with Gasteiger partial charge in [-0.15, -0.1) is 0 Å². The summed E-state index contributed by atoms with van der Waals surface area (Å²) in [5.41, 5.74) is -1.71. The molecule has 4 aromatic rings. The zero-order chi connectivity index (χ0) is 26.0. The van der Waals surface area contributed by atoms with Crippen molar-refractivity contribution in [3.63, 3.8) is 0 Å². The van der Waals surface area contributed by atoms with Crippen LogP contribution in [-0.2, 0) is 12.7 Å². The molecule has 0 unspecified atom stereocenters. The molecule has 182 valence electrons. The lowest BCUT2D eigenvalue weighted by Gasteiger charge is -2.14. The van der Waals surface area contributed by atoms with Crippen molar-refractivity contribution < 1.29 is 27.8 Å². The molecule has 0 spiro atoms. The van der Waals surface area contributed by atoms with Crippen LogP contribution in [0, 0.1) is 11.3 Å². The zero-order valence-corrected chi connectivity index (χ0v) is 19.0. The minimum absolute atomic E-state index is 0.0278. The third-order valence-corrected chi connectivity index (χ3v) is 5.60. The number of carbonyl (C=O) groups is 1. The number of hydrogen-bond donors (Lipinski definition) is 1. The third-order valence-electron chi connectivity index (χ3n) is 5.36. The van der Waals surface area contributed by atoms with Crippen molar-refractivity contribution in [3.8, 4) is 22.9 Å². The van der Waals surface area contributed by atoms with Gasteiger partial charge in [0.05, 0.1) is 40.5 Å². The fraction of sp³-hybridized carbons (Fsp3) is 0.120. The van der Waals surface area contributed by atoms with Gasteiger partial charge in [-0.1, -0.05) is 23.7 Å². The molecule has 0 atom stereocenters. The molecule has 0 amide bonds. The molecular weight excluding hydrogens is 499 g/mol. The first-order valence-electron chi connectivity index (χ1n) is 10.4. The topological polar surface area (TPSA) is 105 Å². The summed E-state index contributed by atoms with van der Waals surface area (Å²) in [4.78, 5) is 28.3. The Kier molecular flexibility index (Phi) is 6.68. The average molecular weight is 514 g/mol. The van der Waals surface area contributed by atoms with E-state index in [9.17, 15) is 33.1 Å². The Bertz CT molecular complexity index is 1590. The van der Waals surface area contributed by atoms with E-state index in [1.807, 2.05) is 0 Å². The smallest absolute Gasteiger partial charge is 0.417 e. The maximum Gasteiger partial charge on any atom is 0.417 e. The molecule has 0 bridgehead atoms. The van der Waals surface area contributed by atoms with Crippen molar-refractivity contribution in [2.24, 2.45) is 0 Å². The monoisotopic (exact) mass is 513 g/mol. The van der Waals surface area contributed by atoms with Gasteiger partial charge in [-0.25, -0.2) is 9.78 Å². The lowest BCUT2D eigenvalue weighted by Crippen LogP contribution is -2.25. The van der Waals surface area contributed by atoms with Gasteiger partial charge in [0, 0.05) is 10.6 Å². The van der Waals surface area contributed by atoms with Crippen LogP contribution in [0.2, 0.25) is 5.02 Å². The molecule has 11 heteroatoms. The van der Waals surface area contributed by atoms with Crippen molar-refractivity contribution in [3.05, 3.63) is 93.0 Å². The number of aromatic carboxylic acids is 1. The summed E-state index contributed by atoms with van der Waals surface area (Å²) in [5.74, 6) is -0.754. The predicted octanol–water partition coefficient (Wildman–Crippen LogP) is 5.38. The van der Waals surface area contributed by atoms with E-state index in [2.05, 4.69) is 4.98 Å². The number of nitriles is 1. The fourth-order valence-electron chi connectivity index (χ4n) is 3.68. The van der Waals surface area contributed by atoms with Crippen LogP contribution in [0.1, 0.15) is 21.5 Å². The molecule has 0 fully saturated rings. The number of halogens is 4. The molecule has 0 aliphatic carbocycles. The quantitative estimate of drug-likeness (QED) is 0.371. The number of nitrogens with zero attached hydrogens (tertiary/aromatic N) is 3. The van der Waals surface area contributed by atoms with E-state index in [-0.39, 0.29) is 24.2 Å². The molecule has 3 aromatic carbocycles. The second-order valence-electron chi connectivity index (χ2n) is 7.61. The van der Waals surface area contributed by atoms with Crippen LogP contribution in [0.25, 0.3) is 22.0 Å². The normalized spacial score (nSPS) is 11.3. The number of carboxylic acid groups (broad SMARTS) is 1. The number of ether oxygens (including phenoxy) is 1. The van der Waals surface area contributed by atoms with Gasteiger partial charge in [0.15, 0.2) is 0 Å². The van der Waals surface area contributed by atoms with Crippen LogP contribution in [-0.4, -0.2) is 27.2 Å². The van der Waals surface area contributed by atoms with Gasteiger partial charge < -0.3 is 9.84 Å². The van der Waals surface area contributed by atoms with Crippen LogP contribution in [0.5, 0.6) is 5.75 Å². The van der Waals surface area contributed by atoms with Gasteiger partial charge in [0.2, 0.25) is 0 Å². The number of fused-ring (bicyclic) bond motifs is 1. The molecule has 4 rings (SSSR count). The summed E-state index contributed by atoms with van der Waals surface area (Å²) >= 11 is 6.12. The van der Waals surface area contributed by atoms with Gasteiger partial charge in [0.25, 0.3) is 5.56 Å². The van der Waals surface area contributed by atoms with Gasteiger partial charge in [-0.2, -0.15) is 18.4 Å². The number of carboxylic acids is 1. The van der Waals surface area contributed by atoms with Crippen molar-refractivity contribution >= 4 is 28.5 Å². The highest BCUT2D eigenvalue weighted by molar-refractivity contribution is 6.31. The largest absolute Gasteiger partial charge is 0.491 e. The summed E-state index contributed by atoms with van der Waals surface area (Å²) in [6, 6.07) is 14.2. The predicted molar refractivity (Wildman–Crippen MR) is 125 cm³/mol. The van der Waals surface area contributed by atoms with Crippen LogP contribution >= 0.6 is 11.6 Å². The Hall–Kier alpha value is -4.36. The first-order valence-corrected chi connectivity index (χ1v) is 10.7. The van der Waals surface area contributed by atoms with E-state index in [1.165, 1.54) is 24.5 Å². The minimum atomic E-state index is -4.81. The van der Waals surface area contributed by atoms with Gasteiger partial charge in [0.1, 0.15) is 18.4 Å². The standard InChI is InChI=1S/C25H15ClF3N3O4/c26-16-4-7-21(17(11-16)14-2-1-3-15(10-14)24(34)35)36-9-8-32-13-31-20-6-5-19(25(27,28)29)18(12-30)22(20)23(32)33/h1-7,10-11,13H,8-9H2,(H,34,35). The maximum absolute atomic E-state index is 13.3. The highest BCUT2D eigenvalue weighted by atomic mass is 35.5. The molecule has 1 aromatic heterocycles. The van der Waals surface area contributed by atoms with Crippen LogP contribution in [0.3, 0.4) is 0 Å². The summed E-state index contributed by atoms with van der Waals surface area (Å²) in [5, 5.41) is 18.6. The summed E-state index contributed by atoms with van der Waals surface area (Å²) in [6.45, 7) is -0.165. The van der Waals surface area contributed by atoms with E-state index in [4.69, 9.17) is 16.3 Å². The Morgan fingerprint density at radius 2 is 1.94 bits per heavy atom. The summed E-state index contributed by atoms with van der Waals surface area (Å²) < 4.78 is 46.8. The molecule has 0 aliphatic heterocycles. The van der Waals surface area contributed by atoms with Crippen LogP contribution in [0.4, 0.5) is 13.2 Å². The van der Waals surface area contributed by atoms with E-state index >= 15 is 0 Å². The molecule has 0 saturated heterocycles. The number of aromatic nitrogens is 2. The number of benzene rings is 3. The van der Waals surface area contributed by atoms with Crippen LogP contribution in [0.15, 0.2) is 65.7 Å². The Morgan fingerprint density at radius 1 is 1.17 bits per heavy atom. The van der Waals surface area contributed by atoms with Crippen molar-refractivity contribution in [1.82, 2.24) is 9.55 Å². The number of alkyl halides is 3. The Balaban J connectivity index is 1.64. The Labute approximate surface area is 206 Å². The number of rotatable bonds is 6. The molecule has 36 heavy (non-hydrogen) atoms. The SMILES string of the molecule is N#Cc1c(C(F)(F)F)ccc2ncn(CCOc3ccc(Cl)cc3-c3cccc(C(=O)O)c3)c(=O)c12. The highest BCUT2D eigenvalue weighted by Gasteiger charge is 2.35. The van der Waals surface area contributed by atoms with Crippen molar-refractivity contribution in [2.75, 3.05) is 6.61 Å². The lowest BCUT2D eigenvalue weighted by atomic mass is 10.0. The molecule has 0 saturated carbocycles. The molecule has 7 nitrogen and oxygen atoms in total. The first-order chi connectivity index (χ1) is 17.1. The summed E-state index contributed by atoms with van der Waals surface area (Å²) in [7, 11) is 0. The highest BCUT2D eigenvalue weighted by Crippen LogP contribution is 2.34. The van der Waals surface area contributed by atoms with E-state index in [0.717, 1.165) is 16.7 Å². The third kappa shape index (κ3) is 4.87. The van der Waals surface area contributed by atoms with E-state index < -0.39 is 34.2 Å². The van der Waals surface area contributed by atoms with Crippen molar-refractivity contribution in [2.45, 2.75) is 12.7 Å².